The molecule has 1 aliphatic rings. The first-order valence-corrected chi connectivity index (χ1v) is 7.29. The topological polar surface area (TPSA) is 18.5 Å². The molecule has 0 aliphatic carbocycles. The normalized spacial score (nSPS) is 16.5. The molecular formula is C13H16Cl3N3. The molecule has 19 heavy (non-hydrogen) atoms. The Bertz CT molecular complexity index is 494. The number of hydrogen-bond donors (Lipinski definition) is 1. The highest BCUT2D eigenvalue weighted by Gasteiger charge is 2.30. The molecule has 6 heteroatoms. The second-order valence-corrected chi connectivity index (χ2v) is 5.71. The maximum Gasteiger partial charge on any atom is 0.0828 e. The van der Waals surface area contributed by atoms with Crippen LogP contribution in [-0.2, 0) is 0 Å². The number of nitrogens with zero attached hydrogens (tertiary/aromatic N) is 2. The van der Waals surface area contributed by atoms with Crippen molar-refractivity contribution in [3.63, 3.8) is 0 Å². The lowest BCUT2D eigenvalue weighted by Gasteiger charge is -2.31. The predicted octanol–water partition coefficient (Wildman–Crippen LogP) is 3.98. The quantitative estimate of drug-likeness (QED) is 0.850. The van der Waals surface area contributed by atoms with Gasteiger partial charge in [-0.1, -0.05) is 29.3 Å². The van der Waals surface area contributed by atoms with Crippen molar-refractivity contribution in [2.45, 2.75) is 19.9 Å². The largest absolute Gasteiger partial charge is 0.299 e. The highest BCUT2D eigenvalue weighted by atomic mass is 35.5. The molecule has 0 aromatic heterocycles. The van der Waals surface area contributed by atoms with Crippen LogP contribution in [0.5, 0.6) is 0 Å². The van der Waals surface area contributed by atoms with Crippen molar-refractivity contribution >= 4 is 40.5 Å². The zero-order valence-electron chi connectivity index (χ0n) is 11.0. The van der Waals surface area contributed by atoms with Gasteiger partial charge in [-0.25, -0.2) is 0 Å². The van der Waals surface area contributed by atoms with Gasteiger partial charge in [0.25, 0.3) is 0 Å². The van der Waals surface area contributed by atoms with Crippen LogP contribution in [0.15, 0.2) is 23.9 Å². The van der Waals surface area contributed by atoms with Crippen molar-refractivity contribution in [3.8, 4) is 0 Å². The minimum atomic E-state index is 0.282. The van der Waals surface area contributed by atoms with Crippen molar-refractivity contribution in [2.75, 3.05) is 12.9 Å². The van der Waals surface area contributed by atoms with Crippen molar-refractivity contribution in [1.82, 2.24) is 15.6 Å². The van der Waals surface area contributed by atoms with Gasteiger partial charge >= 0.3 is 0 Å². The molecular weight excluding hydrogens is 305 g/mol. The van der Waals surface area contributed by atoms with E-state index in [2.05, 4.69) is 24.3 Å². The van der Waals surface area contributed by atoms with Gasteiger partial charge in [-0.3, -0.25) is 10.4 Å². The third kappa shape index (κ3) is 2.65. The summed E-state index contributed by atoms with van der Waals surface area (Å²) < 4.78 is 0. The number of benzene rings is 1. The number of nitrogens with one attached hydrogen (secondary N) is 1. The van der Waals surface area contributed by atoms with Crippen molar-refractivity contribution in [3.05, 3.63) is 39.5 Å². The summed E-state index contributed by atoms with van der Waals surface area (Å²) in [5, 5.41) is 5.20. The molecule has 0 saturated carbocycles. The third-order valence-electron chi connectivity index (χ3n) is 2.99. The van der Waals surface area contributed by atoms with Gasteiger partial charge in [0.2, 0.25) is 0 Å². The summed E-state index contributed by atoms with van der Waals surface area (Å²) in [4.78, 5) is 0. The van der Waals surface area contributed by atoms with Crippen LogP contribution in [0.2, 0.25) is 10.0 Å². The van der Waals surface area contributed by atoms with Crippen LogP contribution in [0.25, 0.3) is 5.70 Å². The van der Waals surface area contributed by atoms with Gasteiger partial charge in [0, 0.05) is 18.7 Å². The van der Waals surface area contributed by atoms with Crippen LogP contribution in [-0.4, -0.2) is 29.1 Å². The molecule has 1 aliphatic heterocycles. The fourth-order valence-electron chi connectivity index (χ4n) is 2.30. The fraction of sp³-hybridized carbons (Fsp3) is 0.385. The summed E-state index contributed by atoms with van der Waals surface area (Å²) >= 11 is 18.6. The summed E-state index contributed by atoms with van der Waals surface area (Å²) in [6.45, 7) is 4.20. The van der Waals surface area contributed by atoms with E-state index in [0.717, 1.165) is 17.0 Å². The molecule has 1 aromatic rings. The van der Waals surface area contributed by atoms with Crippen LogP contribution in [0.3, 0.4) is 0 Å². The van der Waals surface area contributed by atoms with Crippen LogP contribution < -0.4 is 5.43 Å². The second kappa shape index (κ2) is 5.80. The summed E-state index contributed by atoms with van der Waals surface area (Å²) in [5.74, 6) is 0.381. The molecule has 0 bridgehead atoms. The number of hydrazine groups is 2. The van der Waals surface area contributed by atoms with E-state index in [9.17, 15) is 0 Å². The van der Waals surface area contributed by atoms with Crippen LogP contribution in [0, 0.1) is 0 Å². The number of alkyl halides is 1. The molecule has 2 rings (SSSR count). The standard InChI is InChI=1S/C13H16Cl3N3/c1-8(2)19-11(7-14)13(17-18(19)3)12-9(15)5-4-6-10(12)16/h4-6,8,17H,7H2,1-3H3. The lowest BCUT2D eigenvalue weighted by Crippen LogP contribution is -2.44. The molecule has 0 unspecified atom stereocenters. The van der Waals surface area contributed by atoms with Gasteiger partial charge in [0.1, 0.15) is 0 Å². The molecule has 104 valence electrons. The second-order valence-electron chi connectivity index (χ2n) is 4.63. The van der Waals surface area contributed by atoms with Gasteiger partial charge < -0.3 is 0 Å². The first-order chi connectivity index (χ1) is 8.97. The first kappa shape index (κ1) is 14.8. The van der Waals surface area contributed by atoms with E-state index in [4.69, 9.17) is 34.8 Å². The zero-order chi connectivity index (χ0) is 14.2. The van der Waals surface area contributed by atoms with E-state index in [-0.39, 0.29) is 6.04 Å². The van der Waals surface area contributed by atoms with E-state index < -0.39 is 0 Å². The van der Waals surface area contributed by atoms with Gasteiger partial charge in [-0.15, -0.1) is 16.7 Å². The first-order valence-electron chi connectivity index (χ1n) is 6.00. The summed E-state index contributed by atoms with van der Waals surface area (Å²) in [5.41, 5.74) is 5.89. The predicted molar refractivity (Wildman–Crippen MR) is 82.0 cm³/mol. The number of allylic oxidation sites excluding steroid dienone is 1. The average Bonchev–Trinajstić information content (AvgIpc) is 2.65. The SMILES string of the molecule is CC(C)N1C(CCl)=C(c2c(Cl)cccc2Cl)NN1C. The van der Waals surface area contributed by atoms with Crippen molar-refractivity contribution in [2.24, 2.45) is 0 Å². The highest BCUT2D eigenvalue weighted by Crippen LogP contribution is 2.36. The van der Waals surface area contributed by atoms with Crippen LogP contribution in [0.1, 0.15) is 19.4 Å². The van der Waals surface area contributed by atoms with Crippen molar-refractivity contribution in [1.29, 1.82) is 0 Å². The zero-order valence-corrected chi connectivity index (χ0v) is 13.3. The molecule has 0 atom stereocenters. The Morgan fingerprint density at radius 2 is 1.79 bits per heavy atom. The lowest BCUT2D eigenvalue weighted by molar-refractivity contribution is 0.00131. The molecule has 0 fully saturated rings. The monoisotopic (exact) mass is 319 g/mol. The van der Waals surface area contributed by atoms with Gasteiger partial charge in [-0.2, -0.15) is 0 Å². The highest BCUT2D eigenvalue weighted by molar-refractivity contribution is 6.37. The molecule has 0 spiro atoms. The maximum atomic E-state index is 6.27. The smallest absolute Gasteiger partial charge is 0.0828 e. The third-order valence-corrected chi connectivity index (χ3v) is 3.87. The van der Waals surface area contributed by atoms with Crippen LogP contribution >= 0.6 is 34.8 Å². The Morgan fingerprint density at radius 1 is 1.21 bits per heavy atom. The Hall–Kier alpha value is -0.610. The van der Waals surface area contributed by atoms with E-state index in [1.807, 2.05) is 30.4 Å². The molecule has 1 heterocycles. The van der Waals surface area contributed by atoms with E-state index >= 15 is 0 Å². The molecule has 0 amide bonds. The van der Waals surface area contributed by atoms with Crippen molar-refractivity contribution < 1.29 is 0 Å². The Labute approximate surface area is 128 Å². The van der Waals surface area contributed by atoms with Gasteiger partial charge in [0.05, 0.1) is 27.3 Å². The summed E-state index contributed by atoms with van der Waals surface area (Å²) in [6, 6.07) is 5.75. The number of rotatable bonds is 3. The average molecular weight is 321 g/mol. The summed E-state index contributed by atoms with van der Waals surface area (Å²) in [7, 11) is 1.93. The molecule has 1 aromatic carbocycles. The molecule has 0 saturated heterocycles. The lowest BCUT2D eigenvalue weighted by atomic mass is 10.1. The minimum absolute atomic E-state index is 0.282. The van der Waals surface area contributed by atoms with E-state index in [1.165, 1.54) is 0 Å². The minimum Gasteiger partial charge on any atom is -0.299 e. The molecule has 1 N–H and O–H groups in total. The maximum absolute atomic E-state index is 6.27. The fourth-order valence-corrected chi connectivity index (χ4v) is 3.14. The number of halogens is 3. The number of hydrogen-bond acceptors (Lipinski definition) is 3. The Morgan fingerprint density at radius 3 is 2.26 bits per heavy atom. The summed E-state index contributed by atoms with van der Waals surface area (Å²) in [6.07, 6.45) is 0. The van der Waals surface area contributed by atoms with E-state index in [0.29, 0.717) is 15.9 Å². The Balaban J connectivity index is 2.57. The van der Waals surface area contributed by atoms with Gasteiger partial charge in [-0.05, 0) is 26.0 Å². The molecule has 0 radical (unpaired) electrons. The molecule has 3 nitrogen and oxygen atoms in total. The van der Waals surface area contributed by atoms with E-state index in [1.54, 1.807) is 0 Å². The van der Waals surface area contributed by atoms with Gasteiger partial charge in [0.15, 0.2) is 0 Å². The Kier molecular flexibility index (Phi) is 4.51. The van der Waals surface area contributed by atoms with Crippen LogP contribution in [0.4, 0.5) is 0 Å².